The zero-order valence-electron chi connectivity index (χ0n) is 13.5. The van der Waals surface area contributed by atoms with Crippen molar-refractivity contribution in [1.29, 1.82) is 0 Å². The predicted molar refractivity (Wildman–Crippen MR) is 98.9 cm³/mol. The number of benzene rings is 2. The molecule has 0 saturated carbocycles. The topological polar surface area (TPSA) is 93.0 Å². The minimum atomic E-state index is -0.400. The maximum Gasteiger partial charge on any atom is 0.269 e. The number of nitrogens with one attached hydrogen (secondary N) is 2. The van der Waals surface area contributed by atoms with Gasteiger partial charge in [-0.25, -0.2) is 5.84 Å². The van der Waals surface area contributed by atoms with E-state index in [1.54, 1.807) is 6.92 Å². The molecule has 0 bridgehead atoms. The van der Waals surface area contributed by atoms with Crippen LogP contribution < -0.4 is 16.0 Å². The SMILES string of the molecule is Cc1[nH]nc(COc2ccc(-c3ccccc3)cc2Br)c1C(=O)NN. The Labute approximate surface area is 153 Å². The highest BCUT2D eigenvalue weighted by molar-refractivity contribution is 9.10. The quantitative estimate of drug-likeness (QED) is 0.347. The fourth-order valence-corrected chi connectivity index (χ4v) is 3.02. The number of rotatable bonds is 5. The first-order chi connectivity index (χ1) is 12.1. The molecule has 0 atom stereocenters. The number of aryl methyl sites for hydroxylation is 1. The molecule has 0 aliphatic heterocycles. The molecule has 0 radical (unpaired) electrons. The number of H-pyrrole nitrogens is 1. The fraction of sp³-hybridized carbons (Fsp3) is 0.111. The lowest BCUT2D eigenvalue weighted by atomic mass is 10.1. The van der Waals surface area contributed by atoms with E-state index >= 15 is 0 Å². The Balaban J connectivity index is 1.78. The monoisotopic (exact) mass is 400 g/mol. The molecular formula is C18H17BrN4O2. The number of nitrogen functional groups attached to an aromatic ring is 1. The van der Waals surface area contributed by atoms with Gasteiger partial charge in [-0.2, -0.15) is 5.10 Å². The van der Waals surface area contributed by atoms with Crippen LogP contribution >= 0.6 is 15.9 Å². The summed E-state index contributed by atoms with van der Waals surface area (Å²) in [4.78, 5) is 11.8. The van der Waals surface area contributed by atoms with Crippen LogP contribution in [-0.2, 0) is 6.61 Å². The summed E-state index contributed by atoms with van der Waals surface area (Å²) in [6.45, 7) is 1.90. The van der Waals surface area contributed by atoms with Crippen molar-refractivity contribution in [2.24, 2.45) is 5.84 Å². The van der Waals surface area contributed by atoms with E-state index in [-0.39, 0.29) is 6.61 Å². The molecule has 1 amide bonds. The van der Waals surface area contributed by atoms with Crippen LogP contribution in [0.15, 0.2) is 53.0 Å². The fourth-order valence-electron chi connectivity index (χ4n) is 2.53. The summed E-state index contributed by atoms with van der Waals surface area (Å²) in [7, 11) is 0. The summed E-state index contributed by atoms with van der Waals surface area (Å²) in [5.74, 6) is 5.48. The molecule has 6 nitrogen and oxygen atoms in total. The summed E-state index contributed by atoms with van der Waals surface area (Å²) in [6.07, 6.45) is 0. The molecule has 2 aromatic carbocycles. The minimum Gasteiger partial charge on any atom is -0.486 e. The molecule has 0 unspecified atom stereocenters. The third kappa shape index (κ3) is 3.72. The number of amides is 1. The molecule has 128 valence electrons. The van der Waals surface area contributed by atoms with Crippen molar-refractivity contribution in [1.82, 2.24) is 15.6 Å². The molecule has 3 rings (SSSR count). The van der Waals surface area contributed by atoms with Gasteiger partial charge in [0.05, 0.1) is 10.0 Å². The molecule has 0 fully saturated rings. The van der Waals surface area contributed by atoms with E-state index in [2.05, 4.69) is 31.6 Å². The molecule has 1 aromatic heterocycles. The van der Waals surface area contributed by atoms with Crippen molar-refractivity contribution in [2.45, 2.75) is 13.5 Å². The van der Waals surface area contributed by atoms with Crippen molar-refractivity contribution in [3.05, 3.63) is 70.0 Å². The molecule has 0 saturated heterocycles. The van der Waals surface area contributed by atoms with E-state index in [4.69, 9.17) is 10.6 Å². The van der Waals surface area contributed by atoms with E-state index in [0.717, 1.165) is 15.6 Å². The number of carbonyl (C=O) groups is 1. The Bertz CT molecular complexity index is 893. The first-order valence-electron chi connectivity index (χ1n) is 7.62. The highest BCUT2D eigenvalue weighted by atomic mass is 79.9. The summed E-state index contributed by atoms with van der Waals surface area (Å²) in [6, 6.07) is 15.9. The zero-order valence-corrected chi connectivity index (χ0v) is 15.1. The van der Waals surface area contributed by atoms with Gasteiger partial charge >= 0.3 is 0 Å². The second kappa shape index (κ2) is 7.50. The van der Waals surface area contributed by atoms with Crippen LogP contribution in [0.1, 0.15) is 21.7 Å². The lowest BCUT2D eigenvalue weighted by Gasteiger charge is -2.10. The summed E-state index contributed by atoms with van der Waals surface area (Å²) < 4.78 is 6.64. The average molecular weight is 401 g/mol. The third-order valence-electron chi connectivity index (χ3n) is 3.78. The number of hydrogen-bond acceptors (Lipinski definition) is 4. The van der Waals surface area contributed by atoms with Crippen LogP contribution in [0.2, 0.25) is 0 Å². The van der Waals surface area contributed by atoms with Gasteiger partial charge in [0.1, 0.15) is 18.1 Å². The standard InChI is InChI=1S/C18H17BrN4O2/c1-11-17(18(24)21-20)15(23-22-11)10-25-16-8-7-13(9-14(16)19)12-5-3-2-4-6-12/h2-9H,10,20H2,1H3,(H,21,24)(H,22,23). The van der Waals surface area contributed by atoms with Crippen molar-refractivity contribution < 1.29 is 9.53 Å². The first kappa shape index (κ1) is 17.2. The average Bonchev–Trinajstić information content (AvgIpc) is 3.01. The summed E-state index contributed by atoms with van der Waals surface area (Å²) in [5, 5.41) is 6.89. The molecule has 4 N–H and O–H groups in total. The second-order valence-electron chi connectivity index (χ2n) is 5.44. The van der Waals surface area contributed by atoms with Crippen LogP contribution in [0, 0.1) is 6.92 Å². The van der Waals surface area contributed by atoms with Gasteiger partial charge in [0.15, 0.2) is 0 Å². The molecule has 0 spiro atoms. The highest BCUT2D eigenvalue weighted by Gasteiger charge is 2.18. The van der Waals surface area contributed by atoms with Crippen LogP contribution in [0.25, 0.3) is 11.1 Å². The maximum atomic E-state index is 11.8. The van der Waals surface area contributed by atoms with Crippen molar-refractivity contribution in [3.8, 4) is 16.9 Å². The Morgan fingerprint density at radius 3 is 2.68 bits per heavy atom. The normalized spacial score (nSPS) is 10.5. The molecular weight excluding hydrogens is 384 g/mol. The third-order valence-corrected chi connectivity index (χ3v) is 4.40. The molecule has 25 heavy (non-hydrogen) atoms. The van der Waals surface area contributed by atoms with Crippen LogP contribution in [0.4, 0.5) is 0 Å². The molecule has 0 aliphatic rings. The van der Waals surface area contributed by atoms with Gasteiger partial charge < -0.3 is 4.74 Å². The Morgan fingerprint density at radius 2 is 2.00 bits per heavy atom. The number of carbonyl (C=O) groups excluding carboxylic acids is 1. The summed E-state index contributed by atoms with van der Waals surface area (Å²) >= 11 is 3.53. The number of nitrogens with two attached hydrogens (primary N) is 1. The highest BCUT2D eigenvalue weighted by Crippen LogP contribution is 2.31. The lowest BCUT2D eigenvalue weighted by molar-refractivity contribution is 0.0950. The number of ether oxygens (including phenoxy) is 1. The van der Waals surface area contributed by atoms with Crippen LogP contribution in [0.3, 0.4) is 0 Å². The second-order valence-corrected chi connectivity index (χ2v) is 6.30. The van der Waals surface area contributed by atoms with Crippen molar-refractivity contribution in [3.63, 3.8) is 0 Å². The maximum absolute atomic E-state index is 11.8. The molecule has 7 heteroatoms. The van der Waals surface area contributed by atoms with E-state index in [1.165, 1.54) is 0 Å². The smallest absolute Gasteiger partial charge is 0.269 e. The Kier molecular flexibility index (Phi) is 5.16. The lowest BCUT2D eigenvalue weighted by Crippen LogP contribution is -2.31. The summed E-state index contributed by atoms with van der Waals surface area (Å²) in [5.41, 5.74) is 5.87. The van der Waals surface area contributed by atoms with Crippen LogP contribution in [-0.4, -0.2) is 16.1 Å². The molecule has 3 aromatic rings. The largest absolute Gasteiger partial charge is 0.486 e. The number of hydrazine groups is 1. The number of hydrogen-bond donors (Lipinski definition) is 3. The minimum absolute atomic E-state index is 0.149. The number of aromatic nitrogens is 2. The van der Waals surface area contributed by atoms with Gasteiger partial charge in [-0.1, -0.05) is 36.4 Å². The van der Waals surface area contributed by atoms with Gasteiger partial charge in [-0.15, -0.1) is 0 Å². The van der Waals surface area contributed by atoms with E-state index in [1.807, 2.05) is 48.5 Å². The van der Waals surface area contributed by atoms with Crippen LogP contribution in [0.5, 0.6) is 5.75 Å². The molecule has 1 heterocycles. The zero-order chi connectivity index (χ0) is 17.8. The van der Waals surface area contributed by atoms with Gasteiger partial charge in [-0.3, -0.25) is 15.3 Å². The first-order valence-corrected chi connectivity index (χ1v) is 8.42. The number of aromatic amines is 1. The predicted octanol–water partition coefficient (Wildman–Crippen LogP) is 3.33. The number of halogens is 1. The van der Waals surface area contributed by atoms with E-state index < -0.39 is 5.91 Å². The van der Waals surface area contributed by atoms with Crippen molar-refractivity contribution >= 4 is 21.8 Å². The van der Waals surface area contributed by atoms with Crippen molar-refractivity contribution in [2.75, 3.05) is 0 Å². The van der Waals surface area contributed by atoms with Gasteiger partial charge in [-0.05, 0) is 46.1 Å². The van der Waals surface area contributed by atoms with E-state index in [0.29, 0.717) is 22.7 Å². The number of nitrogens with zero attached hydrogens (tertiary/aromatic N) is 1. The molecule has 0 aliphatic carbocycles. The Hall–Kier alpha value is -2.64. The Morgan fingerprint density at radius 1 is 1.24 bits per heavy atom. The van der Waals surface area contributed by atoms with E-state index in [9.17, 15) is 4.79 Å². The van der Waals surface area contributed by atoms with Gasteiger partial charge in [0.25, 0.3) is 5.91 Å². The van der Waals surface area contributed by atoms with Gasteiger partial charge in [0, 0.05) is 5.69 Å². The van der Waals surface area contributed by atoms with Gasteiger partial charge in [0.2, 0.25) is 0 Å².